The number of imidazole rings is 2. The van der Waals surface area contributed by atoms with E-state index in [0.29, 0.717) is 30.8 Å². The maximum absolute atomic E-state index is 11.7. The second-order valence-electron chi connectivity index (χ2n) is 6.73. The number of carboxylic acids is 2. The largest absolute Gasteiger partial charge is 0.480 e. The number of carbonyl (C=O) groups is 3. The third-order valence-corrected chi connectivity index (χ3v) is 4.05. The molecular weight excluding hydrogens is 422 g/mol. The molecule has 0 aliphatic rings. The van der Waals surface area contributed by atoms with Crippen LogP contribution in [0.25, 0.3) is 0 Å². The smallest absolute Gasteiger partial charge is 0.326 e. The SMILES string of the molecule is N=C(N)NCCCCC(=O)N[C@@H](Cc1c[nH]cn1)C(=O)O.N[C@@H](Cc1c[nH]cn1)C(=O)O. The zero-order valence-corrected chi connectivity index (χ0v) is 17.4. The summed E-state index contributed by atoms with van der Waals surface area (Å²) in [6.07, 6.45) is 8.05. The van der Waals surface area contributed by atoms with Crippen LogP contribution in [0.5, 0.6) is 0 Å². The number of nitrogens with two attached hydrogens (primary N) is 2. The number of carboxylic acid groups (broad SMARTS) is 2. The van der Waals surface area contributed by atoms with Crippen molar-refractivity contribution in [1.29, 1.82) is 5.41 Å². The van der Waals surface area contributed by atoms with Crippen LogP contribution in [0.2, 0.25) is 0 Å². The van der Waals surface area contributed by atoms with Crippen LogP contribution in [-0.2, 0) is 27.2 Å². The van der Waals surface area contributed by atoms with Crippen LogP contribution in [-0.4, -0.2) is 72.6 Å². The fraction of sp³-hybridized carbons (Fsp3) is 0.444. The maximum Gasteiger partial charge on any atom is 0.326 e. The van der Waals surface area contributed by atoms with Crippen molar-refractivity contribution >= 4 is 23.8 Å². The number of hydrogen-bond acceptors (Lipinski definition) is 7. The van der Waals surface area contributed by atoms with Gasteiger partial charge in [0, 0.05) is 38.2 Å². The van der Waals surface area contributed by atoms with Crippen molar-refractivity contribution in [3.8, 4) is 0 Å². The van der Waals surface area contributed by atoms with Gasteiger partial charge in [0.1, 0.15) is 12.1 Å². The number of rotatable bonds is 12. The summed E-state index contributed by atoms with van der Waals surface area (Å²) in [4.78, 5) is 46.3. The van der Waals surface area contributed by atoms with Crippen molar-refractivity contribution < 1.29 is 24.6 Å². The van der Waals surface area contributed by atoms with Gasteiger partial charge in [0.2, 0.25) is 5.91 Å². The lowest BCUT2D eigenvalue weighted by Gasteiger charge is -2.13. The molecular formula is C18H29N9O5. The maximum atomic E-state index is 11.7. The highest BCUT2D eigenvalue weighted by Crippen LogP contribution is 2.01. The predicted octanol–water partition coefficient (Wildman–Crippen LogP) is -1.46. The van der Waals surface area contributed by atoms with Crippen molar-refractivity contribution in [3.05, 3.63) is 36.4 Å². The first-order valence-corrected chi connectivity index (χ1v) is 9.72. The van der Waals surface area contributed by atoms with E-state index in [1.807, 2.05) is 0 Å². The average molecular weight is 451 g/mol. The molecule has 0 unspecified atom stereocenters. The molecule has 2 atom stereocenters. The van der Waals surface area contributed by atoms with Gasteiger partial charge in [-0.05, 0) is 12.8 Å². The molecule has 0 saturated heterocycles. The molecule has 2 aromatic rings. The second-order valence-corrected chi connectivity index (χ2v) is 6.73. The summed E-state index contributed by atoms with van der Waals surface area (Å²) in [7, 11) is 0. The molecule has 0 aliphatic carbocycles. The molecule has 176 valence electrons. The number of hydrogen-bond donors (Lipinski definition) is 9. The fourth-order valence-corrected chi connectivity index (χ4v) is 2.43. The van der Waals surface area contributed by atoms with Crippen LogP contribution >= 0.6 is 0 Å². The van der Waals surface area contributed by atoms with Crippen LogP contribution in [0.3, 0.4) is 0 Å². The molecule has 2 heterocycles. The monoisotopic (exact) mass is 451 g/mol. The highest BCUT2D eigenvalue weighted by Gasteiger charge is 2.20. The number of nitrogens with zero attached hydrogens (tertiary/aromatic N) is 2. The van der Waals surface area contributed by atoms with Gasteiger partial charge < -0.3 is 42.3 Å². The number of aromatic amines is 2. The quantitative estimate of drug-likeness (QED) is 0.103. The molecule has 0 aromatic carbocycles. The van der Waals surface area contributed by atoms with Gasteiger partial charge in [0.15, 0.2) is 5.96 Å². The Morgan fingerprint density at radius 3 is 2.09 bits per heavy atom. The normalized spacial score (nSPS) is 12.0. The van der Waals surface area contributed by atoms with E-state index in [9.17, 15) is 14.4 Å². The van der Waals surface area contributed by atoms with Crippen LogP contribution in [0, 0.1) is 5.41 Å². The number of nitrogens with one attached hydrogen (secondary N) is 5. The average Bonchev–Trinajstić information content (AvgIpc) is 3.41. The van der Waals surface area contributed by atoms with Crippen LogP contribution in [0.4, 0.5) is 0 Å². The van der Waals surface area contributed by atoms with E-state index in [1.165, 1.54) is 12.7 Å². The molecule has 2 rings (SSSR count). The number of amides is 1. The molecule has 32 heavy (non-hydrogen) atoms. The lowest BCUT2D eigenvalue weighted by Crippen LogP contribution is -2.42. The van der Waals surface area contributed by atoms with Gasteiger partial charge in [0.05, 0.1) is 24.0 Å². The number of aliphatic carboxylic acids is 2. The summed E-state index contributed by atoms with van der Waals surface area (Å²) >= 11 is 0. The Kier molecular flexibility index (Phi) is 11.5. The van der Waals surface area contributed by atoms with Gasteiger partial charge in [-0.15, -0.1) is 0 Å². The zero-order valence-electron chi connectivity index (χ0n) is 17.4. The fourth-order valence-electron chi connectivity index (χ4n) is 2.43. The predicted molar refractivity (Wildman–Crippen MR) is 114 cm³/mol. The molecule has 0 bridgehead atoms. The molecule has 0 saturated carbocycles. The summed E-state index contributed by atoms with van der Waals surface area (Å²) in [6.45, 7) is 0.512. The van der Waals surface area contributed by atoms with Crippen molar-refractivity contribution in [2.45, 2.75) is 44.2 Å². The van der Waals surface area contributed by atoms with E-state index in [0.717, 1.165) is 0 Å². The van der Waals surface area contributed by atoms with Gasteiger partial charge in [-0.1, -0.05) is 0 Å². The number of carbonyl (C=O) groups excluding carboxylic acids is 1. The Hall–Kier alpha value is -3.94. The van der Waals surface area contributed by atoms with Crippen LogP contribution < -0.4 is 22.1 Å². The Balaban J connectivity index is 0.000000389. The summed E-state index contributed by atoms with van der Waals surface area (Å²) in [5.41, 5.74) is 11.6. The summed E-state index contributed by atoms with van der Waals surface area (Å²) in [6, 6.07) is -1.85. The standard InChI is InChI=1S/C12H20N6O3.C6H9N3O2/c13-12(14)16-4-2-1-3-10(19)18-9(11(20)21)5-8-6-15-7-17-8;7-5(6(10)11)1-4-2-8-3-9-4/h6-7,9H,1-5H2,(H,15,17)(H,18,19)(H,20,21)(H4,13,14,16);2-3,5H,1,7H2,(H,8,9)(H,10,11)/t9-;5-/m00/s1. The molecule has 14 heteroatoms. The Morgan fingerprint density at radius 2 is 1.62 bits per heavy atom. The number of H-pyrrole nitrogens is 2. The molecule has 0 aliphatic heterocycles. The minimum Gasteiger partial charge on any atom is -0.480 e. The van der Waals surface area contributed by atoms with Crippen molar-refractivity contribution in [3.63, 3.8) is 0 Å². The first-order valence-electron chi connectivity index (χ1n) is 9.72. The van der Waals surface area contributed by atoms with Crippen molar-refractivity contribution in [1.82, 2.24) is 30.6 Å². The van der Waals surface area contributed by atoms with Crippen LogP contribution in [0.15, 0.2) is 25.0 Å². The summed E-state index contributed by atoms with van der Waals surface area (Å²) in [5.74, 6) is -2.53. The lowest BCUT2D eigenvalue weighted by atomic mass is 10.1. The van der Waals surface area contributed by atoms with Gasteiger partial charge in [0.25, 0.3) is 0 Å². The van der Waals surface area contributed by atoms with Gasteiger partial charge in [-0.25, -0.2) is 14.8 Å². The van der Waals surface area contributed by atoms with E-state index >= 15 is 0 Å². The lowest BCUT2D eigenvalue weighted by molar-refractivity contribution is -0.141. The Labute approximate surface area is 183 Å². The molecule has 11 N–H and O–H groups in total. The topological polar surface area (TPSA) is 249 Å². The minimum absolute atomic E-state index is 0.107. The van der Waals surface area contributed by atoms with E-state index in [-0.39, 0.29) is 31.1 Å². The van der Waals surface area contributed by atoms with E-state index in [1.54, 1.807) is 12.4 Å². The molecule has 2 aromatic heterocycles. The first-order chi connectivity index (χ1) is 15.2. The number of aromatic nitrogens is 4. The van der Waals surface area contributed by atoms with Crippen molar-refractivity contribution in [2.75, 3.05) is 6.54 Å². The molecule has 0 spiro atoms. The Bertz CT molecular complexity index is 839. The molecule has 0 radical (unpaired) electrons. The zero-order chi connectivity index (χ0) is 23.9. The highest BCUT2D eigenvalue weighted by molar-refractivity contribution is 5.83. The third-order valence-electron chi connectivity index (χ3n) is 4.05. The number of guanidine groups is 1. The molecule has 14 nitrogen and oxygen atoms in total. The third kappa shape index (κ3) is 11.3. The summed E-state index contributed by atoms with van der Waals surface area (Å²) in [5, 5.41) is 29.6. The van der Waals surface area contributed by atoms with Crippen LogP contribution in [0.1, 0.15) is 30.7 Å². The first kappa shape index (κ1) is 26.1. The summed E-state index contributed by atoms with van der Waals surface area (Å²) < 4.78 is 0. The highest BCUT2D eigenvalue weighted by atomic mass is 16.4. The molecule has 0 fully saturated rings. The molecule has 1 amide bonds. The van der Waals surface area contributed by atoms with E-state index in [2.05, 4.69) is 30.6 Å². The van der Waals surface area contributed by atoms with E-state index in [4.69, 9.17) is 27.1 Å². The Morgan fingerprint density at radius 1 is 1.03 bits per heavy atom. The number of unbranched alkanes of at least 4 members (excludes halogenated alkanes) is 1. The van der Waals surface area contributed by atoms with Gasteiger partial charge in [-0.3, -0.25) is 15.0 Å². The minimum atomic E-state index is -1.09. The van der Waals surface area contributed by atoms with Gasteiger partial charge >= 0.3 is 11.9 Å². The van der Waals surface area contributed by atoms with E-state index < -0.39 is 24.0 Å². The van der Waals surface area contributed by atoms with Crippen molar-refractivity contribution in [2.24, 2.45) is 11.5 Å². The van der Waals surface area contributed by atoms with Gasteiger partial charge in [-0.2, -0.15) is 0 Å². The second kappa shape index (κ2) is 14.1.